The first-order chi connectivity index (χ1) is 14.0. The number of allylic oxidation sites excluding steroid dienone is 11. The van der Waals surface area contributed by atoms with E-state index in [1.165, 1.54) is 0 Å². The van der Waals surface area contributed by atoms with Crippen molar-refractivity contribution in [1.82, 2.24) is 0 Å². The Morgan fingerprint density at radius 2 is 1.03 bits per heavy atom. The van der Waals surface area contributed by atoms with Crippen molar-refractivity contribution in [2.24, 2.45) is 0 Å². The molecule has 162 valence electrons. The fraction of sp³-hybridized carbons (Fsp3) is 0.500. The summed E-state index contributed by atoms with van der Waals surface area (Å²) in [5.41, 5.74) is 0. The molecule has 0 atom stereocenters. The molecule has 0 N–H and O–H groups in total. The Morgan fingerprint density at radius 1 is 0.655 bits per heavy atom. The van der Waals surface area contributed by atoms with Crippen LogP contribution in [0.2, 0.25) is 0 Å². The molecule has 0 aromatic carbocycles. The van der Waals surface area contributed by atoms with Gasteiger partial charge in [-0.1, -0.05) is 79.8 Å². The van der Waals surface area contributed by atoms with Crippen LogP contribution in [-0.2, 0) is 9.53 Å². The van der Waals surface area contributed by atoms with Gasteiger partial charge in [-0.05, 0) is 38.5 Å². The molecular formula is C26H42NO2+. The maximum atomic E-state index is 11.6. The van der Waals surface area contributed by atoms with Crippen molar-refractivity contribution in [3.63, 3.8) is 0 Å². The van der Waals surface area contributed by atoms with Gasteiger partial charge >= 0.3 is 5.97 Å². The molecule has 0 bridgehead atoms. The number of rotatable bonds is 16. The molecular weight excluding hydrogens is 358 g/mol. The molecule has 0 radical (unpaired) electrons. The summed E-state index contributed by atoms with van der Waals surface area (Å²) < 4.78 is 6.01. The van der Waals surface area contributed by atoms with Crippen LogP contribution in [0.5, 0.6) is 0 Å². The summed E-state index contributed by atoms with van der Waals surface area (Å²) in [5.74, 6) is -0.154. The standard InChI is InChI=1S/C26H42NO2/c1-5-6-7-8-9-10-11-12-13-14-15-16-17-18-19-20-21-22-23-26(28)29-25-24-27(2,3)4/h6-7,9-10,12-13,15-16,18-19,21-22H,5,8,11,14,17,20,23-25H2,1-4H3/q+1/b7-6-,10-9-,13-12-,16-15-,19-18-,22-21-. The molecule has 3 nitrogen and oxygen atoms in total. The van der Waals surface area contributed by atoms with Gasteiger partial charge in [0.25, 0.3) is 0 Å². The minimum atomic E-state index is -0.154. The lowest BCUT2D eigenvalue weighted by molar-refractivity contribution is -0.870. The van der Waals surface area contributed by atoms with E-state index in [0.717, 1.165) is 49.6 Å². The van der Waals surface area contributed by atoms with Crippen molar-refractivity contribution in [3.8, 4) is 0 Å². The third kappa shape index (κ3) is 23.8. The zero-order chi connectivity index (χ0) is 21.6. The van der Waals surface area contributed by atoms with Crippen molar-refractivity contribution in [2.75, 3.05) is 34.3 Å². The fourth-order valence-electron chi connectivity index (χ4n) is 2.19. The lowest BCUT2D eigenvalue weighted by atomic mass is 10.2. The van der Waals surface area contributed by atoms with Gasteiger partial charge in [0.1, 0.15) is 13.2 Å². The summed E-state index contributed by atoms with van der Waals surface area (Å²) in [5, 5.41) is 0. The number of nitrogens with zero attached hydrogens (tertiary/aromatic N) is 1. The molecule has 0 aliphatic carbocycles. The van der Waals surface area contributed by atoms with E-state index < -0.39 is 0 Å². The molecule has 0 saturated heterocycles. The van der Waals surface area contributed by atoms with Crippen LogP contribution < -0.4 is 0 Å². The van der Waals surface area contributed by atoms with Crippen LogP contribution in [0.1, 0.15) is 51.9 Å². The van der Waals surface area contributed by atoms with Crippen molar-refractivity contribution in [3.05, 3.63) is 72.9 Å². The zero-order valence-electron chi connectivity index (χ0n) is 19.1. The predicted octanol–water partition coefficient (Wildman–Crippen LogP) is 6.32. The Hall–Kier alpha value is -2.13. The second-order valence-electron chi connectivity index (χ2n) is 7.85. The second-order valence-corrected chi connectivity index (χ2v) is 7.85. The van der Waals surface area contributed by atoms with Crippen LogP contribution in [-0.4, -0.2) is 44.7 Å². The number of hydrogen-bond acceptors (Lipinski definition) is 2. The van der Waals surface area contributed by atoms with Crippen molar-refractivity contribution in [1.29, 1.82) is 0 Å². The summed E-state index contributed by atoms with van der Waals surface area (Å²) in [6.07, 6.45) is 32.0. The van der Waals surface area contributed by atoms with E-state index in [-0.39, 0.29) is 5.97 Å². The first kappa shape index (κ1) is 26.9. The molecule has 0 aromatic rings. The molecule has 0 fully saturated rings. The van der Waals surface area contributed by atoms with Gasteiger partial charge in [0.15, 0.2) is 0 Å². The number of ether oxygens (including phenoxy) is 1. The SMILES string of the molecule is CC/C=C\C/C=C\C/C=C\C/C=C\C/C=C\C/C=C\CC(=O)OCC[N+](C)(C)C. The van der Waals surface area contributed by atoms with Gasteiger partial charge in [-0.25, -0.2) is 0 Å². The molecule has 29 heavy (non-hydrogen) atoms. The molecule has 0 amide bonds. The van der Waals surface area contributed by atoms with Gasteiger partial charge in [-0.15, -0.1) is 0 Å². The molecule has 0 aliphatic rings. The lowest BCUT2D eigenvalue weighted by Gasteiger charge is -2.23. The Kier molecular flexibility index (Phi) is 17.8. The smallest absolute Gasteiger partial charge is 0.309 e. The largest absolute Gasteiger partial charge is 0.459 e. The van der Waals surface area contributed by atoms with E-state index in [2.05, 4.69) is 88.8 Å². The van der Waals surface area contributed by atoms with Gasteiger partial charge in [0.2, 0.25) is 0 Å². The van der Waals surface area contributed by atoms with Gasteiger partial charge in [-0.3, -0.25) is 4.79 Å². The van der Waals surface area contributed by atoms with Crippen molar-refractivity contribution < 1.29 is 14.0 Å². The fourth-order valence-corrected chi connectivity index (χ4v) is 2.19. The minimum absolute atomic E-state index is 0.154. The lowest BCUT2D eigenvalue weighted by Crippen LogP contribution is -2.37. The van der Waals surface area contributed by atoms with Crippen LogP contribution in [0.25, 0.3) is 0 Å². The number of quaternary nitrogens is 1. The van der Waals surface area contributed by atoms with E-state index in [9.17, 15) is 4.79 Å². The molecule has 0 spiro atoms. The highest BCUT2D eigenvalue weighted by molar-refractivity contribution is 5.71. The molecule has 0 aliphatic heterocycles. The number of likely N-dealkylation sites (N-methyl/N-ethyl adjacent to an activating group) is 1. The number of esters is 1. The zero-order valence-corrected chi connectivity index (χ0v) is 19.1. The van der Waals surface area contributed by atoms with Gasteiger partial charge in [0, 0.05) is 0 Å². The number of carbonyl (C=O) groups is 1. The predicted molar refractivity (Wildman–Crippen MR) is 127 cm³/mol. The first-order valence-electron chi connectivity index (χ1n) is 10.8. The summed E-state index contributed by atoms with van der Waals surface area (Å²) in [4.78, 5) is 11.6. The van der Waals surface area contributed by atoms with Gasteiger partial charge in [0.05, 0.1) is 27.6 Å². The summed E-state index contributed by atoms with van der Waals surface area (Å²) in [6, 6.07) is 0. The van der Waals surface area contributed by atoms with Crippen molar-refractivity contribution in [2.45, 2.75) is 51.9 Å². The summed E-state index contributed by atoms with van der Waals surface area (Å²) in [6.45, 7) is 3.46. The van der Waals surface area contributed by atoms with Crippen molar-refractivity contribution >= 4 is 5.97 Å². The Morgan fingerprint density at radius 3 is 1.41 bits per heavy atom. The molecule has 0 unspecified atom stereocenters. The molecule has 0 aromatic heterocycles. The van der Waals surface area contributed by atoms with Gasteiger partial charge in [-0.2, -0.15) is 0 Å². The minimum Gasteiger partial charge on any atom is -0.459 e. The molecule has 0 saturated carbocycles. The molecule has 0 rings (SSSR count). The maximum absolute atomic E-state index is 11.6. The van der Waals surface area contributed by atoms with E-state index in [1.807, 2.05) is 12.2 Å². The third-order valence-corrected chi connectivity index (χ3v) is 3.91. The van der Waals surface area contributed by atoms with E-state index >= 15 is 0 Å². The Balaban J connectivity index is 3.63. The number of carbonyl (C=O) groups excluding carboxylic acids is 1. The topological polar surface area (TPSA) is 26.3 Å². The number of hydrogen-bond donors (Lipinski definition) is 0. The van der Waals surface area contributed by atoms with Crippen LogP contribution >= 0.6 is 0 Å². The average Bonchev–Trinajstić information content (AvgIpc) is 2.66. The van der Waals surface area contributed by atoms with Crippen LogP contribution in [0.15, 0.2) is 72.9 Å². The highest BCUT2D eigenvalue weighted by Crippen LogP contribution is 1.98. The summed E-state index contributed by atoms with van der Waals surface area (Å²) >= 11 is 0. The van der Waals surface area contributed by atoms with Crippen LogP contribution in [0.4, 0.5) is 0 Å². The van der Waals surface area contributed by atoms with Crippen LogP contribution in [0.3, 0.4) is 0 Å². The summed E-state index contributed by atoms with van der Waals surface area (Å²) in [7, 11) is 6.25. The Bertz CT molecular complexity index is 572. The average molecular weight is 401 g/mol. The first-order valence-corrected chi connectivity index (χ1v) is 10.8. The van der Waals surface area contributed by atoms with Crippen LogP contribution in [0, 0.1) is 0 Å². The van der Waals surface area contributed by atoms with E-state index in [4.69, 9.17) is 4.74 Å². The highest BCUT2D eigenvalue weighted by Gasteiger charge is 2.08. The maximum Gasteiger partial charge on any atom is 0.309 e. The Labute approximate surface area is 179 Å². The third-order valence-electron chi connectivity index (χ3n) is 3.91. The van der Waals surface area contributed by atoms with Gasteiger partial charge < -0.3 is 9.22 Å². The normalized spacial score (nSPS) is 13.4. The monoisotopic (exact) mass is 400 g/mol. The van der Waals surface area contributed by atoms with E-state index in [1.54, 1.807) is 0 Å². The second kappa shape index (κ2) is 19.2. The van der Waals surface area contributed by atoms with E-state index in [0.29, 0.717) is 13.0 Å². The highest BCUT2D eigenvalue weighted by atomic mass is 16.5. The molecule has 3 heteroatoms. The molecule has 0 heterocycles. The quantitative estimate of drug-likeness (QED) is 0.172.